The van der Waals surface area contributed by atoms with E-state index >= 15 is 0 Å². The summed E-state index contributed by atoms with van der Waals surface area (Å²) < 4.78 is 47.9. The molecule has 3 rings (SSSR count). The zero-order chi connectivity index (χ0) is 16.4. The maximum Gasteiger partial charge on any atom is 0.341 e. The minimum atomic E-state index is -4.51. The van der Waals surface area contributed by atoms with E-state index in [-0.39, 0.29) is 4.90 Å². The van der Waals surface area contributed by atoms with Gasteiger partial charge in [0.2, 0.25) is 9.84 Å². The van der Waals surface area contributed by atoms with Crippen molar-refractivity contribution in [2.75, 3.05) is 44.2 Å². The first kappa shape index (κ1) is 16.6. The average molecular weight is 345 g/mol. The molecule has 0 aromatic heterocycles. The summed E-state index contributed by atoms with van der Waals surface area (Å²) in [7, 11) is -4.51. The van der Waals surface area contributed by atoms with Gasteiger partial charge in [-0.25, -0.2) is 8.42 Å². The van der Waals surface area contributed by atoms with Crippen LogP contribution >= 0.6 is 0 Å². The van der Waals surface area contributed by atoms with E-state index < -0.39 is 15.6 Å². The molecule has 8 heteroatoms. The van der Waals surface area contributed by atoms with Gasteiger partial charge in [0.05, 0.1) is 4.90 Å². The molecule has 0 aliphatic carbocycles. The number of rotatable bonds is 4. The molecule has 1 aromatic rings. The van der Waals surface area contributed by atoms with Gasteiger partial charge in [0.15, 0.2) is 0 Å². The van der Waals surface area contributed by atoms with Crippen molar-refractivity contribution < 1.29 is 17.2 Å². The highest BCUT2D eigenvalue weighted by atomic mass is 32.2. The summed E-state index contributed by atoms with van der Waals surface area (Å²) in [5.74, 6) is -3.38. The van der Waals surface area contributed by atoms with E-state index in [1.807, 2.05) is 0 Å². The second-order valence-corrected chi connectivity index (χ2v) is 7.89. The zero-order valence-corrected chi connectivity index (χ0v) is 13.6. The van der Waals surface area contributed by atoms with Gasteiger partial charge in [0.25, 0.3) is 0 Å². The smallest absolute Gasteiger partial charge is 0.341 e. The van der Waals surface area contributed by atoms with Gasteiger partial charge >= 0.3 is 5.76 Å². The predicted octanol–water partition coefficient (Wildman–Crippen LogP) is 1.17. The summed E-state index contributed by atoms with van der Waals surface area (Å²) in [6.07, 6.45) is 1.18. The molecule has 0 radical (unpaired) electrons. The number of nitrogens with zero attached hydrogens (tertiary/aromatic N) is 2. The number of piperazine rings is 1. The molecule has 0 amide bonds. The highest BCUT2D eigenvalue weighted by Crippen LogP contribution is 2.23. The van der Waals surface area contributed by atoms with Gasteiger partial charge in [-0.2, -0.15) is 8.78 Å². The van der Waals surface area contributed by atoms with Crippen molar-refractivity contribution in [3.05, 3.63) is 24.3 Å². The Kier molecular flexibility index (Phi) is 4.84. The van der Waals surface area contributed by atoms with Gasteiger partial charge in [-0.05, 0) is 37.2 Å². The van der Waals surface area contributed by atoms with Crippen LogP contribution in [0.2, 0.25) is 0 Å². The highest BCUT2D eigenvalue weighted by Gasteiger charge is 2.28. The van der Waals surface area contributed by atoms with Gasteiger partial charge in [-0.3, -0.25) is 4.90 Å². The molecule has 2 heterocycles. The van der Waals surface area contributed by atoms with E-state index in [2.05, 4.69) is 15.1 Å². The van der Waals surface area contributed by atoms with Crippen molar-refractivity contribution >= 4 is 15.5 Å². The molecule has 2 aliphatic heterocycles. The Labute approximate surface area is 135 Å². The molecule has 0 saturated carbocycles. The third kappa shape index (κ3) is 3.49. The molecule has 0 spiro atoms. The van der Waals surface area contributed by atoms with Gasteiger partial charge in [0, 0.05) is 44.5 Å². The van der Waals surface area contributed by atoms with Crippen LogP contribution in [0.5, 0.6) is 0 Å². The number of nitrogens with one attached hydrogen (secondary N) is 1. The van der Waals surface area contributed by atoms with Crippen LogP contribution in [0.25, 0.3) is 0 Å². The largest absolute Gasteiger partial charge is 0.369 e. The molecular formula is C15H21F2N3O2S. The number of hydrogen-bond donors (Lipinski definition) is 1. The molecule has 23 heavy (non-hydrogen) atoms. The first-order valence-electron chi connectivity index (χ1n) is 7.80. The summed E-state index contributed by atoms with van der Waals surface area (Å²) in [6, 6.07) is 6.37. The summed E-state index contributed by atoms with van der Waals surface area (Å²) in [4.78, 5) is 4.32. The molecule has 1 aromatic carbocycles. The van der Waals surface area contributed by atoms with Crippen LogP contribution in [0.4, 0.5) is 14.5 Å². The van der Waals surface area contributed by atoms with Crippen LogP contribution in [0.15, 0.2) is 29.2 Å². The lowest BCUT2D eigenvalue weighted by Crippen LogP contribution is -2.51. The van der Waals surface area contributed by atoms with Crippen molar-refractivity contribution in [1.82, 2.24) is 10.2 Å². The second kappa shape index (κ2) is 6.70. The maximum absolute atomic E-state index is 12.5. The normalized spacial score (nSPS) is 23.6. The maximum atomic E-state index is 12.5. The molecule has 5 nitrogen and oxygen atoms in total. The van der Waals surface area contributed by atoms with Crippen LogP contribution in [0.1, 0.15) is 6.42 Å². The molecule has 2 fully saturated rings. The summed E-state index contributed by atoms with van der Waals surface area (Å²) in [5.41, 5.74) is 0.877. The van der Waals surface area contributed by atoms with E-state index in [4.69, 9.17) is 0 Å². The van der Waals surface area contributed by atoms with Gasteiger partial charge in [0.1, 0.15) is 0 Å². The fourth-order valence-corrected chi connectivity index (χ4v) is 3.97. The molecular weight excluding hydrogens is 324 g/mol. The SMILES string of the molecule is O=S(=O)(c1ccc(N2CCN(C3CCNC3)CC2)cc1)C(F)F. The van der Waals surface area contributed by atoms with Crippen molar-refractivity contribution in [1.29, 1.82) is 0 Å². The Balaban J connectivity index is 1.62. The second-order valence-electron chi connectivity index (χ2n) is 5.97. The van der Waals surface area contributed by atoms with Crippen LogP contribution in [-0.2, 0) is 9.84 Å². The fourth-order valence-electron chi connectivity index (χ4n) is 3.25. The minimum Gasteiger partial charge on any atom is -0.369 e. The minimum absolute atomic E-state index is 0.327. The van der Waals surface area contributed by atoms with Crippen LogP contribution in [-0.4, -0.2) is 64.4 Å². The van der Waals surface area contributed by atoms with E-state index in [0.717, 1.165) is 45.0 Å². The monoisotopic (exact) mass is 345 g/mol. The van der Waals surface area contributed by atoms with E-state index in [0.29, 0.717) is 6.04 Å². The topological polar surface area (TPSA) is 52.7 Å². The van der Waals surface area contributed by atoms with Gasteiger partial charge in [-0.15, -0.1) is 0 Å². The molecule has 1 N–H and O–H groups in total. The standard InChI is InChI=1S/C15H21F2N3O2S/c16-15(17)23(21,22)14-3-1-12(2-4-14)19-7-9-20(10-8-19)13-5-6-18-11-13/h1-4,13,15,18H,5-11H2. The summed E-state index contributed by atoms with van der Waals surface area (Å²) in [5, 5.41) is 3.37. The number of alkyl halides is 2. The molecule has 2 aliphatic rings. The van der Waals surface area contributed by atoms with Gasteiger partial charge in [-0.1, -0.05) is 0 Å². The Morgan fingerprint density at radius 1 is 1.09 bits per heavy atom. The van der Waals surface area contributed by atoms with Crippen molar-refractivity contribution in [3.8, 4) is 0 Å². The Hall–Kier alpha value is -1.25. The van der Waals surface area contributed by atoms with Crippen LogP contribution in [0, 0.1) is 0 Å². The van der Waals surface area contributed by atoms with Crippen molar-refractivity contribution in [2.24, 2.45) is 0 Å². The van der Waals surface area contributed by atoms with Crippen LogP contribution < -0.4 is 10.2 Å². The summed E-state index contributed by atoms with van der Waals surface area (Å²) >= 11 is 0. The lowest BCUT2D eigenvalue weighted by atomic mass is 10.1. The molecule has 1 atom stereocenters. The lowest BCUT2D eigenvalue weighted by Gasteiger charge is -2.39. The van der Waals surface area contributed by atoms with Gasteiger partial charge < -0.3 is 10.2 Å². The van der Waals surface area contributed by atoms with E-state index in [1.54, 1.807) is 12.1 Å². The molecule has 0 bridgehead atoms. The third-order valence-electron chi connectivity index (χ3n) is 4.63. The number of hydrogen-bond acceptors (Lipinski definition) is 5. The lowest BCUT2D eigenvalue weighted by molar-refractivity contribution is 0.196. The zero-order valence-electron chi connectivity index (χ0n) is 12.8. The van der Waals surface area contributed by atoms with E-state index in [1.165, 1.54) is 18.6 Å². The first-order valence-corrected chi connectivity index (χ1v) is 9.35. The molecule has 1 unspecified atom stereocenters. The first-order chi connectivity index (χ1) is 11.0. The predicted molar refractivity (Wildman–Crippen MR) is 84.7 cm³/mol. The Bertz CT molecular complexity index is 623. The van der Waals surface area contributed by atoms with E-state index in [9.17, 15) is 17.2 Å². The number of anilines is 1. The highest BCUT2D eigenvalue weighted by molar-refractivity contribution is 7.91. The van der Waals surface area contributed by atoms with Crippen molar-refractivity contribution in [3.63, 3.8) is 0 Å². The summed E-state index contributed by atoms with van der Waals surface area (Å²) in [6.45, 7) is 5.76. The van der Waals surface area contributed by atoms with Crippen molar-refractivity contribution in [2.45, 2.75) is 23.1 Å². The number of benzene rings is 1. The Morgan fingerprint density at radius 3 is 2.26 bits per heavy atom. The number of halogens is 2. The quantitative estimate of drug-likeness (QED) is 0.888. The molecule has 2 saturated heterocycles. The average Bonchev–Trinajstić information content (AvgIpc) is 3.09. The molecule has 128 valence electrons. The van der Waals surface area contributed by atoms with Crippen LogP contribution in [0.3, 0.4) is 0 Å². The fraction of sp³-hybridized carbons (Fsp3) is 0.600. The Morgan fingerprint density at radius 2 is 1.74 bits per heavy atom. The third-order valence-corrected chi connectivity index (χ3v) is 6.03. The number of sulfone groups is 1.